The van der Waals surface area contributed by atoms with Gasteiger partial charge in [0.1, 0.15) is 0 Å². The van der Waals surface area contributed by atoms with E-state index in [0.717, 1.165) is 74.0 Å². The highest BCUT2D eigenvalue weighted by Gasteiger charge is 2.59. The minimum Gasteiger partial charge on any atom is -0.465 e. The Morgan fingerprint density at radius 2 is 1.78 bits per heavy atom. The number of carbonyl (C=O) groups is 1. The first-order chi connectivity index (χ1) is 19.5. The first-order valence-corrected chi connectivity index (χ1v) is 16.9. The number of aliphatic hydroxyl groups is 1. The monoisotopic (exact) mass is 572 g/mol. The van der Waals surface area contributed by atoms with Crippen LogP contribution < -0.4 is 5.32 Å². The maximum absolute atomic E-state index is 10.2. The van der Waals surface area contributed by atoms with E-state index in [1.54, 1.807) is 5.57 Å². The number of allylic oxidation sites excluding steroid dienone is 1. The first kappa shape index (κ1) is 33.8. The number of isocyanates is 1. The van der Waals surface area contributed by atoms with Crippen LogP contribution in [-0.2, 0) is 4.79 Å². The van der Waals surface area contributed by atoms with Gasteiger partial charge in [-0.05, 0) is 111 Å². The van der Waals surface area contributed by atoms with Crippen molar-refractivity contribution in [2.45, 2.75) is 137 Å². The van der Waals surface area contributed by atoms with E-state index in [2.05, 4.69) is 51.0 Å². The zero-order valence-electron chi connectivity index (χ0n) is 26.8. The minimum absolute atomic E-state index is 0.0766. The van der Waals surface area contributed by atoms with Gasteiger partial charge in [0.05, 0.1) is 12.6 Å². The summed E-state index contributed by atoms with van der Waals surface area (Å²) >= 11 is 0. The molecule has 4 aliphatic carbocycles. The Kier molecular flexibility index (Phi) is 13.0. The number of hydrogen-bond acceptors (Lipinski definition) is 4. The highest BCUT2D eigenvalue weighted by molar-refractivity contribution is 5.64. The van der Waals surface area contributed by atoms with Gasteiger partial charge in [-0.25, -0.2) is 14.6 Å². The third-order valence-corrected chi connectivity index (χ3v) is 11.8. The molecule has 41 heavy (non-hydrogen) atoms. The van der Waals surface area contributed by atoms with Crippen molar-refractivity contribution in [3.8, 4) is 0 Å². The number of carbonyl (C=O) groups excluding carboxylic acids is 1. The summed E-state index contributed by atoms with van der Waals surface area (Å²) in [5, 5.41) is 20.7. The van der Waals surface area contributed by atoms with E-state index < -0.39 is 6.09 Å². The van der Waals surface area contributed by atoms with Gasteiger partial charge in [-0.3, -0.25) is 0 Å². The van der Waals surface area contributed by atoms with Gasteiger partial charge in [0.15, 0.2) is 0 Å². The molecule has 234 valence electrons. The molecule has 6 heteroatoms. The smallest absolute Gasteiger partial charge is 0.404 e. The number of aliphatic hydroxyl groups excluding tert-OH is 1. The van der Waals surface area contributed by atoms with Crippen LogP contribution in [-0.4, -0.2) is 41.6 Å². The third kappa shape index (κ3) is 8.69. The second-order valence-electron chi connectivity index (χ2n) is 14.8. The summed E-state index contributed by atoms with van der Waals surface area (Å²) in [6.07, 6.45) is 21.3. The van der Waals surface area contributed by atoms with Crippen LogP contribution in [0, 0.1) is 46.3 Å². The van der Waals surface area contributed by atoms with Crippen LogP contribution in [0.2, 0.25) is 0 Å². The van der Waals surface area contributed by atoms with Crippen molar-refractivity contribution >= 4 is 12.2 Å². The summed E-state index contributed by atoms with van der Waals surface area (Å²) in [6.45, 7) is 13.6. The van der Waals surface area contributed by atoms with Crippen molar-refractivity contribution in [3.05, 3.63) is 11.6 Å². The van der Waals surface area contributed by atoms with Gasteiger partial charge < -0.3 is 15.5 Å². The average Bonchev–Trinajstić information content (AvgIpc) is 3.28. The normalized spacial score (nSPS) is 34.6. The molecule has 0 radical (unpaired) electrons. The number of fused-ring (bicyclic) bond motifs is 5. The lowest BCUT2D eigenvalue weighted by Gasteiger charge is -2.58. The zero-order chi connectivity index (χ0) is 30.0. The molecule has 0 heterocycles. The third-order valence-electron chi connectivity index (χ3n) is 11.8. The Bertz CT molecular complexity index is 906. The van der Waals surface area contributed by atoms with Gasteiger partial charge in [0.2, 0.25) is 6.08 Å². The Morgan fingerprint density at radius 3 is 2.49 bits per heavy atom. The summed E-state index contributed by atoms with van der Waals surface area (Å²) < 4.78 is 0. The highest BCUT2D eigenvalue weighted by Crippen LogP contribution is 2.67. The predicted molar refractivity (Wildman–Crippen MR) is 167 cm³/mol. The van der Waals surface area contributed by atoms with E-state index in [9.17, 15) is 14.7 Å². The molecule has 0 unspecified atom stereocenters. The number of aliphatic imine (C=N–C) groups is 1. The van der Waals surface area contributed by atoms with Gasteiger partial charge in [0, 0.05) is 6.54 Å². The number of amides is 1. The minimum atomic E-state index is -0.981. The highest BCUT2D eigenvalue weighted by atomic mass is 16.4. The molecule has 3 N–H and O–H groups in total. The molecule has 3 fully saturated rings. The summed E-state index contributed by atoms with van der Waals surface area (Å²) in [5.41, 5.74) is 2.60. The van der Waals surface area contributed by atoms with E-state index in [1.807, 2.05) is 0 Å². The molecule has 1 amide bonds. The predicted octanol–water partition coefficient (Wildman–Crippen LogP) is 8.54. The van der Waals surface area contributed by atoms with Gasteiger partial charge >= 0.3 is 6.09 Å². The van der Waals surface area contributed by atoms with Crippen LogP contribution in [0.5, 0.6) is 0 Å². The molecule has 0 spiro atoms. The molecule has 0 aliphatic heterocycles. The lowest BCUT2D eigenvalue weighted by molar-refractivity contribution is -0.0573. The quantitative estimate of drug-likeness (QED) is 0.0944. The Labute approximate surface area is 250 Å². The van der Waals surface area contributed by atoms with Crippen molar-refractivity contribution in [2.75, 3.05) is 13.1 Å². The van der Waals surface area contributed by atoms with Crippen LogP contribution >= 0.6 is 0 Å². The van der Waals surface area contributed by atoms with Crippen molar-refractivity contribution in [3.63, 3.8) is 0 Å². The molecule has 8 atom stereocenters. The summed E-state index contributed by atoms with van der Waals surface area (Å²) in [6, 6.07) is 0. The molecule has 0 saturated heterocycles. The number of rotatable bonds is 12. The van der Waals surface area contributed by atoms with Crippen LogP contribution in [0.1, 0.15) is 131 Å². The van der Waals surface area contributed by atoms with Gasteiger partial charge in [0.25, 0.3) is 0 Å². The summed E-state index contributed by atoms with van der Waals surface area (Å²) in [4.78, 5) is 23.1. The van der Waals surface area contributed by atoms with Crippen LogP contribution in [0.4, 0.5) is 4.79 Å². The summed E-state index contributed by atoms with van der Waals surface area (Å²) in [7, 11) is 0. The van der Waals surface area contributed by atoms with Crippen molar-refractivity contribution in [1.29, 1.82) is 0 Å². The van der Waals surface area contributed by atoms with Crippen LogP contribution in [0.25, 0.3) is 0 Å². The number of unbranched alkanes of at least 4 members (excludes halogenated alkanes) is 3. The molecule has 0 aromatic heterocycles. The fraction of sp³-hybridized carbons (Fsp3) is 0.886. The molecule has 4 rings (SSSR count). The van der Waals surface area contributed by atoms with Gasteiger partial charge in [-0.15, -0.1) is 0 Å². The zero-order valence-corrected chi connectivity index (χ0v) is 26.8. The molecule has 0 bridgehead atoms. The van der Waals surface area contributed by atoms with E-state index in [0.29, 0.717) is 23.9 Å². The lowest BCUT2D eigenvalue weighted by Crippen LogP contribution is -2.50. The van der Waals surface area contributed by atoms with Crippen molar-refractivity contribution in [1.82, 2.24) is 5.32 Å². The maximum Gasteiger partial charge on any atom is 0.404 e. The number of hydrogen-bond donors (Lipinski definition) is 3. The molecule has 6 nitrogen and oxygen atoms in total. The lowest BCUT2D eigenvalue weighted by atomic mass is 9.47. The molecule has 3 saturated carbocycles. The van der Waals surface area contributed by atoms with Crippen LogP contribution in [0.3, 0.4) is 0 Å². The Balaban J connectivity index is 0.000000302. The Hall–Kier alpha value is -1.65. The van der Waals surface area contributed by atoms with Crippen molar-refractivity contribution in [2.24, 2.45) is 51.3 Å². The van der Waals surface area contributed by atoms with Crippen LogP contribution in [0.15, 0.2) is 16.6 Å². The second kappa shape index (κ2) is 15.7. The number of nitrogens with one attached hydrogen (secondary N) is 1. The average molecular weight is 573 g/mol. The number of carboxylic acid groups (broad SMARTS) is 1. The molecule has 0 aromatic rings. The Morgan fingerprint density at radius 1 is 1.02 bits per heavy atom. The first-order valence-electron chi connectivity index (χ1n) is 16.9. The standard InChI is InChI=1S/C27H46O.C8H14N2O3/c1-18(2)7-6-8-19(3)23-11-12-24-22-10-9-20-17-21(28)13-15-26(20,4)25(22)14-16-27(23,24)5;11-7-9-5-3-1-2-4-6-10-8(12)13/h9,18-19,21-25,28H,6-8,10-17H2,1-5H3;10H,1-6H2,(H,12,13)/t19-,21+,22+,23-,24+,25+,26+,27-;/m1./s1. The van der Waals surface area contributed by atoms with Gasteiger partial charge in [-0.1, -0.05) is 78.4 Å². The fourth-order valence-electron chi connectivity index (χ4n) is 9.58. The van der Waals surface area contributed by atoms with E-state index in [-0.39, 0.29) is 6.10 Å². The molecule has 4 aliphatic rings. The second-order valence-corrected chi connectivity index (χ2v) is 14.8. The molecular formula is C35H60N2O4. The molecule has 0 aromatic carbocycles. The van der Waals surface area contributed by atoms with E-state index >= 15 is 0 Å². The SMILES string of the molecule is CC(C)CCC[C@@H](C)[C@H]1CC[C@H]2[C@@H]3CC=C4C[C@@H](O)CC[C@]4(C)[C@H]3CC[C@]12C.O=C=NCCCCCCNC(=O)O. The maximum atomic E-state index is 10.2. The van der Waals surface area contributed by atoms with Gasteiger partial charge in [-0.2, -0.15) is 0 Å². The summed E-state index contributed by atoms with van der Waals surface area (Å²) in [5.74, 6) is 5.46. The van der Waals surface area contributed by atoms with E-state index in [4.69, 9.17) is 5.11 Å². The largest absolute Gasteiger partial charge is 0.465 e. The number of nitrogens with zero attached hydrogens (tertiary/aromatic N) is 1. The topological polar surface area (TPSA) is 99.0 Å². The van der Waals surface area contributed by atoms with Crippen molar-refractivity contribution < 1.29 is 19.8 Å². The fourth-order valence-corrected chi connectivity index (χ4v) is 9.58. The molecular weight excluding hydrogens is 512 g/mol. The van der Waals surface area contributed by atoms with E-state index in [1.165, 1.54) is 63.9 Å².